The van der Waals surface area contributed by atoms with E-state index in [1.165, 1.54) is 33.5 Å². The summed E-state index contributed by atoms with van der Waals surface area (Å²) in [7, 11) is 4.38. The highest BCUT2D eigenvalue weighted by molar-refractivity contribution is 5.31. The van der Waals surface area contributed by atoms with Crippen molar-refractivity contribution >= 4 is 0 Å². The van der Waals surface area contributed by atoms with E-state index in [1.54, 1.807) is 6.07 Å². The van der Waals surface area contributed by atoms with Crippen LogP contribution in [0.15, 0.2) is 18.2 Å². The van der Waals surface area contributed by atoms with Crippen LogP contribution in [-0.2, 0) is 9.47 Å². The zero-order valence-electron chi connectivity index (χ0n) is 10.1. The van der Waals surface area contributed by atoms with Gasteiger partial charge in [-0.2, -0.15) is 0 Å². The van der Waals surface area contributed by atoms with Crippen LogP contribution in [0.2, 0.25) is 0 Å². The van der Waals surface area contributed by atoms with E-state index in [0.717, 1.165) is 0 Å². The molecule has 1 unspecified atom stereocenters. The third-order valence-electron chi connectivity index (χ3n) is 2.45. The fraction of sp³-hybridized carbons (Fsp3) is 0.455. The van der Waals surface area contributed by atoms with Gasteiger partial charge in [-0.1, -0.05) is 6.07 Å². The Hall–Kier alpha value is -1.21. The van der Waals surface area contributed by atoms with E-state index in [9.17, 15) is 4.39 Å². The van der Waals surface area contributed by atoms with Gasteiger partial charge in [-0.3, -0.25) is 5.84 Å². The number of hydrogen-bond acceptors (Lipinski definition) is 5. The van der Waals surface area contributed by atoms with Crippen LogP contribution in [0.5, 0.6) is 5.75 Å². The lowest BCUT2D eigenvalue weighted by Crippen LogP contribution is -2.38. The number of halogens is 1. The molecule has 1 aromatic carbocycles. The van der Waals surface area contributed by atoms with Crippen molar-refractivity contribution < 1.29 is 18.6 Å². The third kappa shape index (κ3) is 3.13. The molecule has 96 valence electrons. The van der Waals surface area contributed by atoms with E-state index >= 15 is 0 Å². The summed E-state index contributed by atoms with van der Waals surface area (Å²) in [5, 5.41) is 0. The monoisotopic (exact) mass is 244 g/mol. The molecule has 17 heavy (non-hydrogen) atoms. The van der Waals surface area contributed by atoms with E-state index < -0.39 is 18.1 Å². The number of hydrogen-bond donors (Lipinski definition) is 2. The molecule has 0 fully saturated rings. The van der Waals surface area contributed by atoms with Crippen molar-refractivity contribution in [3.05, 3.63) is 29.6 Å². The molecule has 3 N–H and O–H groups in total. The molecule has 5 nitrogen and oxygen atoms in total. The molecule has 0 aromatic heterocycles. The molecule has 6 heteroatoms. The molecule has 0 aliphatic rings. The summed E-state index contributed by atoms with van der Waals surface area (Å²) < 4.78 is 28.6. The summed E-state index contributed by atoms with van der Waals surface area (Å²) in [5.41, 5.74) is 3.14. The lowest BCUT2D eigenvalue weighted by molar-refractivity contribution is -0.124. The third-order valence-corrected chi connectivity index (χ3v) is 2.45. The Kier molecular flexibility index (Phi) is 5.30. The van der Waals surface area contributed by atoms with Crippen molar-refractivity contribution in [3.8, 4) is 5.75 Å². The number of nitrogens with two attached hydrogens (primary N) is 1. The molecule has 0 saturated carbocycles. The van der Waals surface area contributed by atoms with Gasteiger partial charge >= 0.3 is 0 Å². The summed E-state index contributed by atoms with van der Waals surface area (Å²) >= 11 is 0. The predicted octanol–water partition coefficient (Wildman–Crippen LogP) is 0.958. The number of benzene rings is 1. The maximum atomic E-state index is 13.5. The first-order valence-electron chi connectivity index (χ1n) is 5.03. The zero-order valence-corrected chi connectivity index (χ0v) is 10.1. The topological polar surface area (TPSA) is 65.7 Å². The van der Waals surface area contributed by atoms with Gasteiger partial charge in [0.1, 0.15) is 0 Å². The molecule has 1 aromatic rings. The highest BCUT2D eigenvalue weighted by Gasteiger charge is 2.22. The van der Waals surface area contributed by atoms with Crippen LogP contribution < -0.4 is 16.0 Å². The molecular formula is C11H17FN2O3. The first-order valence-corrected chi connectivity index (χ1v) is 5.03. The predicted molar refractivity (Wildman–Crippen MR) is 60.8 cm³/mol. The fourth-order valence-electron chi connectivity index (χ4n) is 1.58. The van der Waals surface area contributed by atoms with Gasteiger partial charge in [0, 0.05) is 14.2 Å². The highest BCUT2D eigenvalue weighted by atomic mass is 19.1. The SMILES string of the molecule is COc1ccc(C(NN)C(OC)OC)cc1F. The standard InChI is InChI=1S/C11H17FN2O3/c1-15-9-5-4-7(6-8(9)12)10(14-13)11(16-2)17-3/h4-6,10-11,14H,13H2,1-3H3. The fourth-order valence-corrected chi connectivity index (χ4v) is 1.58. The Bertz CT molecular complexity index is 359. The minimum Gasteiger partial charge on any atom is -0.494 e. The first-order chi connectivity index (χ1) is 8.17. The molecule has 0 heterocycles. The highest BCUT2D eigenvalue weighted by Crippen LogP contribution is 2.24. The van der Waals surface area contributed by atoms with Crippen LogP contribution in [0.1, 0.15) is 11.6 Å². The summed E-state index contributed by atoms with van der Waals surface area (Å²) in [4.78, 5) is 0. The number of hydrazine groups is 1. The summed E-state index contributed by atoms with van der Waals surface area (Å²) in [6.07, 6.45) is -0.604. The van der Waals surface area contributed by atoms with Crippen molar-refractivity contribution in [2.45, 2.75) is 12.3 Å². The maximum Gasteiger partial charge on any atom is 0.177 e. The van der Waals surface area contributed by atoms with Crippen LogP contribution in [0.4, 0.5) is 4.39 Å². The van der Waals surface area contributed by atoms with Gasteiger partial charge in [0.15, 0.2) is 17.9 Å². The number of rotatable bonds is 6. The van der Waals surface area contributed by atoms with Gasteiger partial charge in [0.05, 0.1) is 13.2 Å². The van der Waals surface area contributed by atoms with E-state index in [1.807, 2.05) is 0 Å². The normalized spacial score (nSPS) is 12.8. The Morgan fingerprint density at radius 2 is 1.88 bits per heavy atom. The number of nitrogens with one attached hydrogen (secondary N) is 1. The van der Waals surface area contributed by atoms with Gasteiger partial charge in [-0.05, 0) is 17.7 Å². The van der Waals surface area contributed by atoms with Gasteiger partial charge < -0.3 is 14.2 Å². The van der Waals surface area contributed by atoms with Crippen molar-refractivity contribution in [1.82, 2.24) is 5.43 Å². The quantitative estimate of drug-likeness (QED) is 0.443. The Balaban J connectivity index is 3.00. The van der Waals surface area contributed by atoms with Crippen LogP contribution >= 0.6 is 0 Å². The molecule has 0 bridgehead atoms. The molecule has 0 radical (unpaired) electrons. The number of methoxy groups -OCH3 is 3. The minimum atomic E-state index is -0.604. The summed E-state index contributed by atoms with van der Waals surface area (Å²) in [6.45, 7) is 0. The molecule has 0 amide bonds. The Morgan fingerprint density at radius 1 is 1.24 bits per heavy atom. The molecule has 0 aliphatic heterocycles. The van der Waals surface area contributed by atoms with Crippen LogP contribution in [0.25, 0.3) is 0 Å². The van der Waals surface area contributed by atoms with E-state index in [-0.39, 0.29) is 5.75 Å². The minimum absolute atomic E-state index is 0.177. The zero-order chi connectivity index (χ0) is 12.8. The largest absolute Gasteiger partial charge is 0.494 e. The molecule has 0 spiro atoms. The van der Waals surface area contributed by atoms with Gasteiger partial charge in [0.25, 0.3) is 0 Å². The van der Waals surface area contributed by atoms with Crippen molar-refractivity contribution in [2.75, 3.05) is 21.3 Å². The smallest absolute Gasteiger partial charge is 0.177 e. The maximum absolute atomic E-state index is 13.5. The van der Waals surface area contributed by atoms with Crippen molar-refractivity contribution in [3.63, 3.8) is 0 Å². The molecule has 0 saturated heterocycles. The summed E-state index contributed by atoms with van der Waals surface area (Å²) in [6, 6.07) is 4.08. The van der Waals surface area contributed by atoms with Crippen molar-refractivity contribution in [1.29, 1.82) is 0 Å². The van der Waals surface area contributed by atoms with Gasteiger partial charge in [0.2, 0.25) is 0 Å². The first kappa shape index (κ1) is 13.9. The van der Waals surface area contributed by atoms with Crippen molar-refractivity contribution in [2.24, 2.45) is 5.84 Å². The average Bonchev–Trinajstić information content (AvgIpc) is 2.35. The van der Waals surface area contributed by atoms with Crippen LogP contribution in [0, 0.1) is 5.82 Å². The molecular weight excluding hydrogens is 227 g/mol. The lowest BCUT2D eigenvalue weighted by Gasteiger charge is -2.24. The molecule has 1 atom stereocenters. The van der Waals surface area contributed by atoms with E-state index in [4.69, 9.17) is 20.1 Å². The van der Waals surface area contributed by atoms with Crippen LogP contribution in [0.3, 0.4) is 0 Å². The second-order valence-corrected chi connectivity index (χ2v) is 3.38. The second kappa shape index (κ2) is 6.51. The number of ether oxygens (including phenoxy) is 3. The van der Waals surface area contributed by atoms with Crippen LogP contribution in [-0.4, -0.2) is 27.6 Å². The average molecular weight is 244 g/mol. The summed E-state index contributed by atoms with van der Waals surface area (Å²) in [5.74, 6) is 5.13. The Morgan fingerprint density at radius 3 is 2.29 bits per heavy atom. The second-order valence-electron chi connectivity index (χ2n) is 3.38. The van der Waals surface area contributed by atoms with Gasteiger partial charge in [-0.15, -0.1) is 0 Å². The van der Waals surface area contributed by atoms with E-state index in [0.29, 0.717) is 5.56 Å². The molecule has 0 aliphatic carbocycles. The molecule has 1 rings (SSSR count). The van der Waals surface area contributed by atoms with Gasteiger partial charge in [-0.25, -0.2) is 9.82 Å². The lowest BCUT2D eigenvalue weighted by atomic mass is 10.1. The Labute approximate surface area is 99.6 Å². The van der Waals surface area contributed by atoms with E-state index in [2.05, 4.69) is 5.43 Å².